The normalized spacial score (nSPS) is 11.2. The highest BCUT2D eigenvalue weighted by Gasteiger charge is 2.11. The number of thiazole rings is 1. The SMILES string of the molecule is COc1ccc2[nH]cc(CCNC(=O)c3ccc4nc(-n5cccc5)sc4c3)c2c1. The number of amides is 1. The quantitative estimate of drug-likeness (QED) is 0.427. The van der Waals surface area contributed by atoms with Crippen LogP contribution in [0.25, 0.3) is 26.3 Å². The minimum absolute atomic E-state index is 0.0785. The Morgan fingerprint density at radius 3 is 2.90 bits per heavy atom. The first-order chi connectivity index (χ1) is 14.7. The monoisotopic (exact) mass is 416 g/mol. The van der Waals surface area contributed by atoms with E-state index in [9.17, 15) is 4.79 Å². The zero-order valence-electron chi connectivity index (χ0n) is 16.4. The Labute approximate surface area is 177 Å². The number of carbonyl (C=O) groups is 1. The van der Waals surface area contributed by atoms with Crippen LogP contribution in [0.1, 0.15) is 15.9 Å². The number of aromatic amines is 1. The molecule has 0 aliphatic heterocycles. The number of aromatic nitrogens is 3. The molecule has 0 fully saturated rings. The predicted molar refractivity (Wildman–Crippen MR) is 120 cm³/mol. The van der Waals surface area contributed by atoms with Crippen molar-refractivity contribution in [3.63, 3.8) is 0 Å². The summed E-state index contributed by atoms with van der Waals surface area (Å²) in [5, 5.41) is 5.03. The highest BCUT2D eigenvalue weighted by atomic mass is 32.1. The average molecular weight is 417 g/mol. The van der Waals surface area contributed by atoms with Gasteiger partial charge in [-0.15, -0.1) is 0 Å². The summed E-state index contributed by atoms with van der Waals surface area (Å²) in [7, 11) is 1.66. The van der Waals surface area contributed by atoms with Crippen LogP contribution in [0.5, 0.6) is 5.75 Å². The number of H-pyrrole nitrogens is 1. The van der Waals surface area contributed by atoms with Crippen LogP contribution in [0.3, 0.4) is 0 Å². The van der Waals surface area contributed by atoms with E-state index >= 15 is 0 Å². The number of methoxy groups -OCH3 is 1. The van der Waals surface area contributed by atoms with Crippen molar-refractivity contribution in [1.82, 2.24) is 19.9 Å². The number of nitrogens with one attached hydrogen (secondary N) is 2. The van der Waals surface area contributed by atoms with Gasteiger partial charge in [0, 0.05) is 41.6 Å². The minimum atomic E-state index is -0.0785. The van der Waals surface area contributed by atoms with E-state index in [0.29, 0.717) is 12.1 Å². The molecule has 0 atom stereocenters. The van der Waals surface area contributed by atoms with Crippen LogP contribution >= 0.6 is 11.3 Å². The lowest BCUT2D eigenvalue weighted by Gasteiger charge is -2.05. The molecule has 5 rings (SSSR count). The third kappa shape index (κ3) is 3.44. The molecule has 0 aliphatic rings. The van der Waals surface area contributed by atoms with E-state index in [-0.39, 0.29) is 5.91 Å². The number of hydrogen-bond acceptors (Lipinski definition) is 4. The first-order valence-electron chi connectivity index (χ1n) is 9.67. The number of fused-ring (bicyclic) bond motifs is 2. The Kier molecular flexibility index (Phi) is 4.72. The van der Waals surface area contributed by atoms with Crippen molar-refractivity contribution in [2.24, 2.45) is 0 Å². The number of rotatable bonds is 6. The Balaban J connectivity index is 1.28. The van der Waals surface area contributed by atoms with Crippen LogP contribution in [0.15, 0.2) is 67.1 Å². The van der Waals surface area contributed by atoms with Gasteiger partial charge in [-0.3, -0.25) is 4.79 Å². The number of nitrogens with zero attached hydrogens (tertiary/aromatic N) is 2. The molecule has 0 aliphatic carbocycles. The Bertz CT molecular complexity index is 1330. The zero-order chi connectivity index (χ0) is 20.5. The summed E-state index contributed by atoms with van der Waals surface area (Å²) < 4.78 is 8.29. The van der Waals surface area contributed by atoms with Gasteiger partial charge in [0.15, 0.2) is 5.13 Å². The largest absolute Gasteiger partial charge is 0.497 e. The molecule has 0 bridgehead atoms. The van der Waals surface area contributed by atoms with Gasteiger partial charge < -0.3 is 19.6 Å². The molecule has 150 valence electrons. The first kappa shape index (κ1) is 18.4. The van der Waals surface area contributed by atoms with Crippen LogP contribution in [0, 0.1) is 0 Å². The molecule has 2 N–H and O–H groups in total. The molecule has 0 spiro atoms. The number of hydrogen-bond donors (Lipinski definition) is 2. The van der Waals surface area contributed by atoms with E-state index in [2.05, 4.69) is 15.3 Å². The van der Waals surface area contributed by atoms with E-state index in [1.54, 1.807) is 18.4 Å². The molecule has 0 saturated heterocycles. The number of benzene rings is 2. The summed E-state index contributed by atoms with van der Waals surface area (Å²) >= 11 is 1.57. The van der Waals surface area contributed by atoms with E-state index < -0.39 is 0 Å². The Hall–Kier alpha value is -3.58. The molecule has 6 nitrogen and oxygen atoms in total. The van der Waals surface area contributed by atoms with Crippen LogP contribution in [0.2, 0.25) is 0 Å². The lowest BCUT2D eigenvalue weighted by molar-refractivity contribution is 0.0954. The van der Waals surface area contributed by atoms with Gasteiger partial charge >= 0.3 is 0 Å². The van der Waals surface area contributed by atoms with E-state index in [0.717, 1.165) is 44.0 Å². The molecule has 7 heteroatoms. The van der Waals surface area contributed by atoms with E-state index in [4.69, 9.17) is 4.74 Å². The van der Waals surface area contributed by atoms with Crippen LogP contribution in [-0.2, 0) is 6.42 Å². The maximum absolute atomic E-state index is 12.7. The summed E-state index contributed by atoms with van der Waals surface area (Å²) in [6.07, 6.45) is 6.65. The fourth-order valence-corrected chi connectivity index (χ4v) is 4.50. The van der Waals surface area contributed by atoms with Crippen molar-refractivity contribution < 1.29 is 9.53 Å². The van der Waals surface area contributed by atoms with Gasteiger partial charge in [0.2, 0.25) is 0 Å². The van der Waals surface area contributed by atoms with Crippen LogP contribution < -0.4 is 10.1 Å². The number of ether oxygens (including phenoxy) is 1. The van der Waals surface area contributed by atoms with Gasteiger partial charge in [-0.1, -0.05) is 11.3 Å². The molecule has 0 saturated carbocycles. The smallest absolute Gasteiger partial charge is 0.251 e. The molecule has 3 heterocycles. The fourth-order valence-electron chi connectivity index (χ4n) is 3.53. The summed E-state index contributed by atoms with van der Waals surface area (Å²) in [4.78, 5) is 20.6. The maximum Gasteiger partial charge on any atom is 0.251 e. The maximum atomic E-state index is 12.7. The molecule has 0 unspecified atom stereocenters. The molecular formula is C23H20N4O2S. The van der Waals surface area contributed by atoms with Gasteiger partial charge in [0.25, 0.3) is 5.91 Å². The molecule has 3 aromatic heterocycles. The molecular weight excluding hydrogens is 396 g/mol. The van der Waals surface area contributed by atoms with Crippen molar-refractivity contribution in [1.29, 1.82) is 0 Å². The molecule has 0 radical (unpaired) electrons. The zero-order valence-corrected chi connectivity index (χ0v) is 17.2. The molecule has 1 amide bonds. The summed E-state index contributed by atoms with van der Waals surface area (Å²) in [5.41, 5.74) is 3.75. The summed E-state index contributed by atoms with van der Waals surface area (Å²) in [5.74, 6) is 0.745. The third-order valence-electron chi connectivity index (χ3n) is 5.12. The molecule has 2 aromatic carbocycles. The molecule has 30 heavy (non-hydrogen) atoms. The summed E-state index contributed by atoms with van der Waals surface area (Å²) in [6, 6.07) is 15.5. The lowest BCUT2D eigenvalue weighted by Crippen LogP contribution is -2.25. The van der Waals surface area contributed by atoms with E-state index in [1.807, 2.05) is 71.7 Å². The standard InChI is InChI=1S/C23H20N4O2S/c1-29-17-5-7-19-18(13-17)16(14-25-19)8-9-24-22(28)15-4-6-20-21(12-15)30-23(26-20)27-10-2-3-11-27/h2-7,10-14,25H,8-9H2,1H3,(H,24,28). The Morgan fingerprint density at radius 2 is 2.07 bits per heavy atom. The van der Waals surface area contributed by atoms with Crippen molar-refractivity contribution in [2.45, 2.75) is 6.42 Å². The lowest BCUT2D eigenvalue weighted by atomic mass is 10.1. The van der Waals surface area contributed by atoms with Crippen LogP contribution in [-0.4, -0.2) is 34.1 Å². The van der Waals surface area contributed by atoms with Gasteiger partial charge in [0.1, 0.15) is 5.75 Å². The predicted octanol–water partition coefficient (Wildman–Crippen LogP) is 4.55. The highest BCUT2D eigenvalue weighted by Crippen LogP contribution is 2.26. The Morgan fingerprint density at radius 1 is 1.20 bits per heavy atom. The summed E-state index contributed by atoms with van der Waals surface area (Å²) in [6.45, 7) is 0.554. The van der Waals surface area contributed by atoms with Crippen LogP contribution in [0.4, 0.5) is 0 Å². The first-order valence-corrected chi connectivity index (χ1v) is 10.5. The van der Waals surface area contributed by atoms with Gasteiger partial charge in [-0.2, -0.15) is 0 Å². The fraction of sp³-hybridized carbons (Fsp3) is 0.130. The third-order valence-corrected chi connectivity index (χ3v) is 6.15. The van der Waals surface area contributed by atoms with Crippen molar-refractivity contribution in [2.75, 3.05) is 13.7 Å². The van der Waals surface area contributed by atoms with Gasteiger partial charge in [-0.25, -0.2) is 4.98 Å². The highest BCUT2D eigenvalue weighted by molar-refractivity contribution is 7.20. The number of carbonyl (C=O) groups excluding carboxylic acids is 1. The second-order valence-electron chi connectivity index (χ2n) is 7.00. The van der Waals surface area contributed by atoms with Crippen molar-refractivity contribution in [3.8, 4) is 10.9 Å². The van der Waals surface area contributed by atoms with Gasteiger partial charge in [-0.05, 0) is 60.5 Å². The molecule has 5 aromatic rings. The second kappa shape index (κ2) is 7.68. The minimum Gasteiger partial charge on any atom is -0.497 e. The van der Waals surface area contributed by atoms with Crippen molar-refractivity contribution in [3.05, 3.63) is 78.2 Å². The topological polar surface area (TPSA) is 71.9 Å². The van der Waals surface area contributed by atoms with Crippen molar-refractivity contribution >= 4 is 38.4 Å². The van der Waals surface area contributed by atoms with Gasteiger partial charge in [0.05, 0.1) is 17.3 Å². The second-order valence-corrected chi connectivity index (χ2v) is 8.01. The van der Waals surface area contributed by atoms with E-state index in [1.165, 1.54) is 0 Å². The average Bonchev–Trinajstić information content (AvgIpc) is 3.51.